The van der Waals surface area contributed by atoms with Gasteiger partial charge in [0.25, 0.3) is 0 Å². The number of hydrogen-bond acceptors (Lipinski definition) is 5. The highest BCUT2D eigenvalue weighted by Crippen LogP contribution is 2.34. The van der Waals surface area contributed by atoms with Gasteiger partial charge in [-0.15, -0.1) is 0 Å². The van der Waals surface area contributed by atoms with Crippen molar-refractivity contribution in [2.45, 2.75) is 6.92 Å². The first-order valence-electron chi connectivity index (χ1n) is 7.81. The minimum atomic E-state index is -0.588. The minimum Gasteiger partial charge on any atom is -0.474 e. The summed E-state index contributed by atoms with van der Waals surface area (Å²) in [5, 5.41) is 0.665. The lowest BCUT2D eigenvalue weighted by Gasteiger charge is -2.12. The molecule has 0 aliphatic carbocycles. The van der Waals surface area contributed by atoms with Crippen LogP contribution in [0.4, 0.5) is 0 Å². The summed E-state index contributed by atoms with van der Waals surface area (Å²) < 4.78 is 16.2. The fraction of sp³-hybridized carbons (Fsp3) is 0.158. The molecule has 0 unspecified atom stereocenters. The van der Waals surface area contributed by atoms with Gasteiger partial charge in [-0.2, -0.15) is 0 Å². The van der Waals surface area contributed by atoms with E-state index < -0.39 is 18.0 Å². The van der Waals surface area contributed by atoms with Crippen molar-refractivity contribution < 1.29 is 18.7 Å². The second-order valence-electron chi connectivity index (χ2n) is 5.31. The topological polar surface area (TPSA) is 65.7 Å². The molecule has 0 saturated carbocycles. The average Bonchev–Trinajstić information content (AvgIpc) is 2.62. The molecule has 1 heterocycles. The van der Waals surface area contributed by atoms with E-state index >= 15 is 0 Å². The molecule has 26 heavy (non-hydrogen) atoms. The van der Waals surface area contributed by atoms with Crippen molar-refractivity contribution in [1.82, 2.24) is 0 Å². The zero-order valence-corrected chi connectivity index (χ0v) is 15.3. The third-order valence-corrected chi connectivity index (χ3v) is 4.04. The molecule has 0 bridgehead atoms. The molecule has 0 amide bonds. The van der Waals surface area contributed by atoms with Gasteiger partial charge in [0, 0.05) is 10.6 Å². The number of carbonyl (C=O) groups is 1. The normalized spacial score (nSPS) is 10.7. The lowest BCUT2D eigenvalue weighted by atomic mass is 10.1. The van der Waals surface area contributed by atoms with Crippen molar-refractivity contribution in [1.29, 1.82) is 0 Å². The molecule has 134 valence electrons. The van der Waals surface area contributed by atoms with Crippen LogP contribution in [0, 0.1) is 0 Å². The third kappa shape index (κ3) is 3.69. The Balaban J connectivity index is 2.20. The highest BCUT2D eigenvalue weighted by molar-refractivity contribution is 6.38. The number of ether oxygens (including phenoxy) is 2. The number of halogens is 2. The van der Waals surface area contributed by atoms with Crippen LogP contribution in [0.1, 0.15) is 6.92 Å². The van der Waals surface area contributed by atoms with Crippen LogP contribution in [0.3, 0.4) is 0 Å². The minimum absolute atomic E-state index is 0.102. The van der Waals surface area contributed by atoms with Crippen molar-refractivity contribution in [3.8, 4) is 17.1 Å². The van der Waals surface area contributed by atoms with E-state index in [4.69, 9.17) is 37.1 Å². The maximum atomic E-state index is 12.9. The van der Waals surface area contributed by atoms with Gasteiger partial charge in [-0.25, -0.2) is 4.79 Å². The largest absolute Gasteiger partial charge is 0.474 e. The van der Waals surface area contributed by atoms with Gasteiger partial charge in [0.1, 0.15) is 0 Å². The van der Waals surface area contributed by atoms with Gasteiger partial charge in [0.15, 0.2) is 18.0 Å². The molecule has 2 aromatic carbocycles. The van der Waals surface area contributed by atoms with Gasteiger partial charge in [-0.3, -0.25) is 4.79 Å². The van der Waals surface area contributed by atoms with Gasteiger partial charge in [-0.1, -0.05) is 53.5 Å². The van der Waals surface area contributed by atoms with E-state index in [0.29, 0.717) is 10.6 Å². The van der Waals surface area contributed by atoms with Crippen LogP contribution in [-0.2, 0) is 9.53 Å². The molecule has 0 spiro atoms. The van der Waals surface area contributed by atoms with Crippen LogP contribution in [0.5, 0.6) is 5.75 Å². The van der Waals surface area contributed by atoms with Crippen LogP contribution in [0.15, 0.2) is 51.7 Å². The molecular weight excluding hydrogens is 379 g/mol. The number of fused-ring (bicyclic) bond motifs is 1. The van der Waals surface area contributed by atoms with Crippen LogP contribution in [-0.4, -0.2) is 19.2 Å². The number of carbonyl (C=O) groups excluding carboxylic acids is 1. The standard InChI is InChI=1S/C19H14Cl2O5/c1-2-24-15(22)10-25-19-16(23)13-8-12(20)9-14(21)18(13)26-17(19)11-6-4-3-5-7-11/h3-9H,2,10H2,1H3. The molecule has 0 aliphatic rings. The second-order valence-corrected chi connectivity index (χ2v) is 6.16. The SMILES string of the molecule is CCOC(=O)COc1c(-c2ccccc2)oc2c(Cl)cc(Cl)cc2c1=O. The Morgan fingerprint density at radius 1 is 1.15 bits per heavy atom. The predicted octanol–water partition coefficient (Wildman–Crippen LogP) is 4.71. The Hall–Kier alpha value is -2.50. The van der Waals surface area contributed by atoms with E-state index in [1.54, 1.807) is 31.2 Å². The van der Waals surface area contributed by atoms with Gasteiger partial charge in [0.05, 0.1) is 17.0 Å². The summed E-state index contributed by atoms with van der Waals surface area (Å²) in [5.41, 5.74) is 0.332. The lowest BCUT2D eigenvalue weighted by molar-refractivity contribution is -0.145. The fourth-order valence-electron chi connectivity index (χ4n) is 2.45. The predicted molar refractivity (Wildman–Crippen MR) is 100 cm³/mol. The first-order valence-corrected chi connectivity index (χ1v) is 8.56. The van der Waals surface area contributed by atoms with Crippen LogP contribution in [0.2, 0.25) is 10.0 Å². The number of rotatable bonds is 5. The number of hydrogen-bond donors (Lipinski definition) is 0. The van der Waals surface area contributed by atoms with E-state index in [0.717, 1.165) is 0 Å². The summed E-state index contributed by atoms with van der Waals surface area (Å²) in [4.78, 5) is 24.6. The van der Waals surface area contributed by atoms with Gasteiger partial charge < -0.3 is 13.9 Å². The first-order chi connectivity index (χ1) is 12.5. The molecule has 0 radical (unpaired) electrons. The highest BCUT2D eigenvalue weighted by Gasteiger charge is 2.20. The second kappa shape index (κ2) is 7.81. The molecule has 0 fully saturated rings. The van der Waals surface area contributed by atoms with Crippen molar-refractivity contribution in [2.24, 2.45) is 0 Å². The van der Waals surface area contributed by atoms with Crippen molar-refractivity contribution >= 4 is 40.1 Å². The Morgan fingerprint density at radius 2 is 1.88 bits per heavy atom. The molecule has 7 heteroatoms. The third-order valence-electron chi connectivity index (χ3n) is 3.55. The van der Waals surface area contributed by atoms with Crippen LogP contribution < -0.4 is 10.2 Å². The molecule has 0 N–H and O–H groups in total. The quantitative estimate of drug-likeness (QED) is 0.588. The van der Waals surface area contributed by atoms with Crippen molar-refractivity contribution in [3.63, 3.8) is 0 Å². The van der Waals surface area contributed by atoms with Crippen molar-refractivity contribution in [3.05, 3.63) is 62.7 Å². The zero-order chi connectivity index (χ0) is 18.7. The average molecular weight is 393 g/mol. The molecule has 3 rings (SSSR count). The monoisotopic (exact) mass is 392 g/mol. The number of benzene rings is 2. The highest BCUT2D eigenvalue weighted by atomic mass is 35.5. The smallest absolute Gasteiger partial charge is 0.344 e. The Kier molecular flexibility index (Phi) is 5.49. The summed E-state index contributed by atoms with van der Waals surface area (Å²) in [6, 6.07) is 11.9. The van der Waals surface area contributed by atoms with Gasteiger partial charge >= 0.3 is 5.97 Å². The van der Waals surface area contributed by atoms with Gasteiger partial charge in [0.2, 0.25) is 11.2 Å². The van der Waals surface area contributed by atoms with Crippen LogP contribution >= 0.6 is 23.2 Å². The molecular formula is C19H14Cl2O5. The van der Waals surface area contributed by atoms with E-state index in [1.807, 2.05) is 6.07 Å². The number of esters is 1. The molecule has 5 nitrogen and oxygen atoms in total. The molecule has 0 aliphatic heterocycles. The Labute approximate surface area is 159 Å². The molecule has 1 aromatic heterocycles. The van der Waals surface area contributed by atoms with E-state index in [9.17, 15) is 9.59 Å². The summed E-state index contributed by atoms with van der Waals surface area (Å²) in [6.45, 7) is 1.48. The summed E-state index contributed by atoms with van der Waals surface area (Å²) in [7, 11) is 0. The van der Waals surface area contributed by atoms with Gasteiger partial charge in [-0.05, 0) is 19.1 Å². The lowest BCUT2D eigenvalue weighted by Crippen LogP contribution is -2.18. The maximum absolute atomic E-state index is 12.9. The zero-order valence-electron chi connectivity index (χ0n) is 13.8. The maximum Gasteiger partial charge on any atom is 0.344 e. The summed E-state index contributed by atoms with van der Waals surface area (Å²) >= 11 is 12.2. The summed E-state index contributed by atoms with van der Waals surface area (Å²) in [6.07, 6.45) is 0. The van der Waals surface area contributed by atoms with Crippen LogP contribution in [0.25, 0.3) is 22.3 Å². The molecule has 0 atom stereocenters. The van der Waals surface area contributed by atoms with Crippen molar-refractivity contribution in [2.75, 3.05) is 13.2 Å². The first kappa shape index (κ1) is 18.3. The molecule has 3 aromatic rings. The fourth-order valence-corrected chi connectivity index (χ4v) is 2.98. The Morgan fingerprint density at radius 3 is 2.58 bits per heavy atom. The Bertz CT molecular complexity index is 1010. The molecule has 0 saturated heterocycles. The summed E-state index contributed by atoms with van der Waals surface area (Å²) in [5.74, 6) is -0.512. The van der Waals surface area contributed by atoms with E-state index in [-0.39, 0.29) is 34.1 Å². The van der Waals surface area contributed by atoms with E-state index in [1.165, 1.54) is 12.1 Å². The van der Waals surface area contributed by atoms with E-state index in [2.05, 4.69) is 0 Å².